The summed E-state index contributed by atoms with van der Waals surface area (Å²) < 4.78 is 0. The van der Waals surface area contributed by atoms with Crippen LogP contribution in [0.15, 0.2) is 0 Å². The van der Waals surface area contributed by atoms with Crippen molar-refractivity contribution >= 4 is 23.8 Å². The molecule has 0 rings (SSSR count). The molecule has 10 N–H and O–H groups in total. The standard InChI is InChI=1S/C11H22N4O4.C5H11NO2/c1-7(14-9(16)6-13)10(17)15-8(11(18)19)4-2-3-5-12;1-3(2)4(6)5(7)8/h7-8H,2-6,12-13H2,1H3,(H,14,16)(H,15,17)(H,18,19);3-4H,6H2,1-2H3,(H,7,8)/t7-,8-;4-/m00/s1. The van der Waals surface area contributed by atoms with E-state index in [4.69, 9.17) is 27.4 Å². The Labute approximate surface area is 159 Å². The molecule has 0 aromatic heterocycles. The van der Waals surface area contributed by atoms with Gasteiger partial charge in [-0.15, -0.1) is 0 Å². The molecule has 0 radical (unpaired) electrons. The third-order valence-electron chi connectivity index (χ3n) is 3.52. The van der Waals surface area contributed by atoms with Crippen LogP contribution >= 0.6 is 0 Å². The molecule has 0 saturated carbocycles. The van der Waals surface area contributed by atoms with Crippen LogP contribution in [0.5, 0.6) is 0 Å². The van der Waals surface area contributed by atoms with Crippen molar-refractivity contribution in [1.29, 1.82) is 0 Å². The summed E-state index contributed by atoms with van der Waals surface area (Å²) in [6.45, 7) is 5.26. The first-order chi connectivity index (χ1) is 12.5. The predicted molar refractivity (Wildman–Crippen MR) is 99.6 cm³/mol. The molecule has 0 unspecified atom stereocenters. The van der Waals surface area contributed by atoms with Crippen molar-refractivity contribution in [3.63, 3.8) is 0 Å². The number of amides is 2. The van der Waals surface area contributed by atoms with Crippen LogP contribution in [0.3, 0.4) is 0 Å². The fourth-order valence-corrected chi connectivity index (χ4v) is 1.70. The fourth-order valence-electron chi connectivity index (χ4n) is 1.70. The average Bonchev–Trinajstić information content (AvgIpc) is 2.59. The van der Waals surface area contributed by atoms with Crippen molar-refractivity contribution in [2.24, 2.45) is 23.1 Å². The lowest BCUT2D eigenvalue weighted by Crippen LogP contribution is -2.51. The zero-order valence-electron chi connectivity index (χ0n) is 16.1. The number of carbonyl (C=O) groups excluding carboxylic acids is 2. The lowest BCUT2D eigenvalue weighted by atomic mass is 10.1. The lowest BCUT2D eigenvalue weighted by Gasteiger charge is -2.18. The Morgan fingerprint density at radius 2 is 1.48 bits per heavy atom. The maximum absolute atomic E-state index is 11.7. The van der Waals surface area contributed by atoms with E-state index in [1.54, 1.807) is 13.8 Å². The average molecular weight is 391 g/mol. The normalized spacial score (nSPS) is 13.6. The number of carboxylic acid groups (broad SMARTS) is 2. The van der Waals surface area contributed by atoms with E-state index in [2.05, 4.69) is 10.6 Å². The largest absolute Gasteiger partial charge is 0.480 e. The van der Waals surface area contributed by atoms with Crippen molar-refractivity contribution in [2.75, 3.05) is 13.1 Å². The first-order valence-electron chi connectivity index (χ1n) is 8.68. The Morgan fingerprint density at radius 1 is 0.926 bits per heavy atom. The van der Waals surface area contributed by atoms with Crippen LogP contribution < -0.4 is 27.8 Å². The van der Waals surface area contributed by atoms with Gasteiger partial charge in [0.1, 0.15) is 18.1 Å². The van der Waals surface area contributed by atoms with Crippen LogP contribution in [0, 0.1) is 5.92 Å². The Bertz CT molecular complexity index is 486. The molecule has 0 spiro atoms. The number of carbonyl (C=O) groups is 4. The second kappa shape index (κ2) is 14.9. The highest BCUT2D eigenvalue weighted by Crippen LogP contribution is 2.01. The summed E-state index contributed by atoms with van der Waals surface area (Å²) in [5.74, 6) is -3.05. The van der Waals surface area contributed by atoms with Gasteiger partial charge in [-0.1, -0.05) is 13.8 Å². The molecular formula is C16H33N5O6. The van der Waals surface area contributed by atoms with E-state index >= 15 is 0 Å². The maximum Gasteiger partial charge on any atom is 0.326 e. The Hall–Kier alpha value is -2.24. The van der Waals surface area contributed by atoms with Crippen LogP contribution in [0.25, 0.3) is 0 Å². The monoisotopic (exact) mass is 391 g/mol. The third-order valence-corrected chi connectivity index (χ3v) is 3.52. The number of unbranched alkanes of at least 4 members (excludes halogenated alkanes) is 1. The van der Waals surface area contributed by atoms with Gasteiger partial charge in [-0.05, 0) is 38.6 Å². The van der Waals surface area contributed by atoms with Gasteiger partial charge in [-0.2, -0.15) is 0 Å². The van der Waals surface area contributed by atoms with Crippen molar-refractivity contribution in [2.45, 2.75) is 58.2 Å². The van der Waals surface area contributed by atoms with Gasteiger partial charge in [0.2, 0.25) is 11.8 Å². The molecule has 0 fully saturated rings. The van der Waals surface area contributed by atoms with Gasteiger partial charge in [0.15, 0.2) is 0 Å². The minimum absolute atomic E-state index is 0.0208. The molecule has 0 aliphatic heterocycles. The van der Waals surface area contributed by atoms with E-state index in [0.717, 1.165) is 0 Å². The van der Waals surface area contributed by atoms with Gasteiger partial charge in [-0.25, -0.2) is 4.79 Å². The maximum atomic E-state index is 11.7. The summed E-state index contributed by atoms with van der Waals surface area (Å²) in [6.07, 6.45) is 1.60. The van der Waals surface area contributed by atoms with E-state index in [1.165, 1.54) is 6.92 Å². The number of carboxylic acids is 2. The van der Waals surface area contributed by atoms with Crippen molar-refractivity contribution in [3.8, 4) is 0 Å². The second-order valence-corrected chi connectivity index (χ2v) is 6.29. The quantitative estimate of drug-likeness (QED) is 0.198. The number of aliphatic carboxylic acids is 2. The molecule has 11 nitrogen and oxygen atoms in total. The fraction of sp³-hybridized carbons (Fsp3) is 0.750. The summed E-state index contributed by atoms with van der Waals surface area (Å²) in [4.78, 5) is 43.7. The topological polar surface area (TPSA) is 211 Å². The second-order valence-electron chi connectivity index (χ2n) is 6.29. The molecule has 3 atom stereocenters. The third kappa shape index (κ3) is 13.6. The Morgan fingerprint density at radius 3 is 1.81 bits per heavy atom. The van der Waals surface area contributed by atoms with Crippen molar-refractivity contribution in [3.05, 3.63) is 0 Å². The molecule has 0 saturated heterocycles. The number of hydrogen-bond acceptors (Lipinski definition) is 7. The Balaban J connectivity index is 0. The van der Waals surface area contributed by atoms with Gasteiger partial charge < -0.3 is 38.0 Å². The first-order valence-corrected chi connectivity index (χ1v) is 8.68. The zero-order valence-corrected chi connectivity index (χ0v) is 16.1. The highest BCUT2D eigenvalue weighted by Gasteiger charge is 2.23. The molecule has 2 amide bonds. The van der Waals surface area contributed by atoms with Crippen LogP contribution in [0.4, 0.5) is 0 Å². The molecule has 11 heteroatoms. The number of rotatable bonds is 11. The minimum Gasteiger partial charge on any atom is -0.480 e. The first kappa shape index (κ1) is 27.0. The van der Waals surface area contributed by atoms with Gasteiger partial charge in [0, 0.05) is 0 Å². The van der Waals surface area contributed by atoms with Gasteiger partial charge in [0.05, 0.1) is 6.54 Å². The van der Waals surface area contributed by atoms with E-state index in [0.29, 0.717) is 25.8 Å². The highest BCUT2D eigenvalue weighted by molar-refractivity contribution is 5.90. The van der Waals surface area contributed by atoms with Crippen molar-refractivity contribution in [1.82, 2.24) is 10.6 Å². The van der Waals surface area contributed by atoms with E-state index in [1.807, 2.05) is 0 Å². The zero-order chi connectivity index (χ0) is 21.6. The molecule has 0 heterocycles. The number of nitrogens with one attached hydrogen (secondary N) is 2. The summed E-state index contributed by atoms with van der Waals surface area (Å²) in [7, 11) is 0. The highest BCUT2D eigenvalue weighted by atomic mass is 16.4. The molecule has 158 valence electrons. The van der Waals surface area contributed by atoms with E-state index < -0.39 is 41.9 Å². The minimum atomic E-state index is -1.11. The summed E-state index contributed by atoms with van der Waals surface area (Å²) in [5.41, 5.74) is 15.6. The molecule has 0 aromatic carbocycles. The molecular weight excluding hydrogens is 358 g/mol. The van der Waals surface area contributed by atoms with Crippen LogP contribution in [0.2, 0.25) is 0 Å². The molecule has 27 heavy (non-hydrogen) atoms. The smallest absolute Gasteiger partial charge is 0.326 e. The molecule has 0 aliphatic carbocycles. The number of nitrogens with two attached hydrogens (primary N) is 3. The predicted octanol–water partition coefficient (Wildman–Crippen LogP) is -1.80. The SMILES string of the molecule is CC(C)[C@H](N)C(=O)O.C[C@H](NC(=O)CN)C(=O)N[C@@H](CCCCN)C(=O)O. The lowest BCUT2D eigenvalue weighted by molar-refractivity contribution is -0.142. The van der Waals surface area contributed by atoms with Crippen LogP contribution in [-0.4, -0.2) is 65.2 Å². The van der Waals surface area contributed by atoms with Gasteiger partial charge >= 0.3 is 11.9 Å². The Kier molecular flexibility index (Phi) is 14.9. The van der Waals surface area contributed by atoms with Gasteiger partial charge in [0.25, 0.3) is 0 Å². The van der Waals surface area contributed by atoms with E-state index in [9.17, 15) is 19.2 Å². The molecule has 0 aromatic rings. The number of hydrogen-bond donors (Lipinski definition) is 7. The van der Waals surface area contributed by atoms with Crippen LogP contribution in [-0.2, 0) is 19.2 Å². The molecule has 0 aliphatic rings. The van der Waals surface area contributed by atoms with Gasteiger partial charge in [-0.3, -0.25) is 14.4 Å². The summed E-state index contributed by atoms with van der Waals surface area (Å²) >= 11 is 0. The van der Waals surface area contributed by atoms with E-state index in [-0.39, 0.29) is 12.5 Å². The summed E-state index contributed by atoms with van der Waals surface area (Å²) in [6, 6.07) is -2.52. The molecule has 0 bridgehead atoms. The van der Waals surface area contributed by atoms with Crippen LogP contribution in [0.1, 0.15) is 40.0 Å². The van der Waals surface area contributed by atoms with Crippen molar-refractivity contribution < 1.29 is 29.4 Å². The summed E-state index contributed by atoms with van der Waals surface area (Å²) in [5, 5.41) is 21.9.